The van der Waals surface area contributed by atoms with E-state index in [0.717, 1.165) is 5.56 Å². The Morgan fingerprint density at radius 3 is 2.11 bits per heavy atom. The minimum absolute atomic E-state index is 0.361. The number of benzene rings is 2. The van der Waals surface area contributed by atoms with Crippen LogP contribution in [0.3, 0.4) is 0 Å². The van der Waals surface area contributed by atoms with Crippen LogP contribution in [0.15, 0.2) is 41.5 Å². The molecule has 0 bridgehead atoms. The highest BCUT2D eigenvalue weighted by atomic mass is 16.5. The summed E-state index contributed by atoms with van der Waals surface area (Å²) in [6.07, 6.45) is 0. The number of hydrogen-bond donors (Lipinski definition) is 2. The summed E-state index contributed by atoms with van der Waals surface area (Å²) >= 11 is 0. The molecular weight excluding hydrogens is 358 g/mol. The van der Waals surface area contributed by atoms with Crippen molar-refractivity contribution in [1.82, 2.24) is 5.43 Å². The molecule has 0 aliphatic heterocycles. The fourth-order valence-electron chi connectivity index (χ4n) is 2.55. The summed E-state index contributed by atoms with van der Waals surface area (Å²) in [5, 5.41) is 4.17. The molecule has 0 unspecified atom stereocenters. The number of carbonyl (C=O) groups excluding carboxylic acids is 1. The maximum atomic E-state index is 12.6. The molecule has 150 valence electrons. The van der Waals surface area contributed by atoms with Gasteiger partial charge in [-0.1, -0.05) is 12.1 Å². The molecule has 0 radical (unpaired) electrons. The van der Waals surface area contributed by atoms with Gasteiger partial charge in [0.15, 0.2) is 11.5 Å². The average Bonchev–Trinajstić information content (AvgIpc) is 2.68. The molecule has 2 rings (SSSR count). The first kappa shape index (κ1) is 21.1. The Hall–Kier alpha value is -3.22. The first-order valence-corrected chi connectivity index (χ1v) is 9.27. The van der Waals surface area contributed by atoms with Crippen molar-refractivity contribution in [2.24, 2.45) is 5.10 Å². The number of nitrogens with one attached hydrogen (secondary N) is 1. The first-order valence-electron chi connectivity index (χ1n) is 9.27. The highest BCUT2D eigenvalue weighted by Crippen LogP contribution is 2.39. The Bertz CT molecular complexity index is 822. The molecule has 3 N–H and O–H groups in total. The van der Waals surface area contributed by atoms with E-state index < -0.39 is 0 Å². The lowest BCUT2D eigenvalue weighted by atomic mass is 10.1. The molecule has 2 aromatic carbocycles. The number of carbonyl (C=O) groups is 1. The lowest BCUT2D eigenvalue weighted by Crippen LogP contribution is -2.20. The molecule has 1 amide bonds. The Morgan fingerprint density at radius 1 is 0.964 bits per heavy atom. The molecule has 28 heavy (non-hydrogen) atoms. The Balaban J connectivity index is 2.29. The van der Waals surface area contributed by atoms with Gasteiger partial charge >= 0.3 is 0 Å². The van der Waals surface area contributed by atoms with Crippen LogP contribution in [0, 0.1) is 0 Å². The van der Waals surface area contributed by atoms with Crippen molar-refractivity contribution in [2.75, 3.05) is 25.6 Å². The summed E-state index contributed by atoms with van der Waals surface area (Å²) in [5.41, 5.74) is 10.8. The van der Waals surface area contributed by atoms with Crippen LogP contribution in [-0.2, 0) is 0 Å². The first-order chi connectivity index (χ1) is 13.5. The van der Waals surface area contributed by atoms with Gasteiger partial charge in [0.25, 0.3) is 5.91 Å². The van der Waals surface area contributed by atoms with Gasteiger partial charge in [-0.25, -0.2) is 5.43 Å². The molecule has 7 nitrogen and oxygen atoms in total. The van der Waals surface area contributed by atoms with Gasteiger partial charge in [-0.2, -0.15) is 5.10 Å². The van der Waals surface area contributed by atoms with Crippen molar-refractivity contribution in [1.29, 1.82) is 0 Å². The van der Waals surface area contributed by atoms with Crippen molar-refractivity contribution in [2.45, 2.75) is 27.7 Å². The number of anilines is 1. The highest BCUT2D eigenvalue weighted by Gasteiger charge is 2.18. The van der Waals surface area contributed by atoms with E-state index in [2.05, 4.69) is 10.5 Å². The van der Waals surface area contributed by atoms with Gasteiger partial charge in [-0.05, 0) is 57.5 Å². The SMILES string of the molecule is CCOc1cc(C(=O)N/N=C(\C)c2cccc(N)c2)cc(OCC)c1OCC. The lowest BCUT2D eigenvalue weighted by Gasteiger charge is -2.16. The molecular formula is C21H27N3O4. The molecule has 2 aromatic rings. The molecule has 0 saturated heterocycles. The van der Waals surface area contributed by atoms with Gasteiger partial charge in [0, 0.05) is 11.3 Å². The fourth-order valence-corrected chi connectivity index (χ4v) is 2.55. The largest absolute Gasteiger partial charge is 0.490 e. The van der Waals surface area contributed by atoms with Crippen molar-refractivity contribution >= 4 is 17.3 Å². The molecule has 7 heteroatoms. The van der Waals surface area contributed by atoms with Crippen molar-refractivity contribution in [3.05, 3.63) is 47.5 Å². The van der Waals surface area contributed by atoms with Gasteiger partial charge in [-0.15, -0.1) is 0 Å². The van der Waals surface area contributed by atoms with Crippen LogP contribution in [0.1, 0.15) is 43.6 Å². The maximum absolute atomic E-state index is 12.6. The van der Waals surface area contributed by atoms with Gasteiger partial charge in [-0.3, -0.25) is 4.79 Å². The van der Waals surface area contributed by atoms with E-state index in [1.54, 1.807) is 31.2 Å². The summed E-state index contributed by atoms with van der Waals surface area (Å²) in [6.45, 7) is 8.72. The third kappa shape index (κ3) is 5.39. The average molecular weight is 385 g/mol. The predicted molar refractivity (Wildman–Crippen MR) is 110 cm³/mol. The predicted octanol–water partition coefficient (Wildman–Crippen LogP) is 3.62. The second kappa shape index (κ2) is 10.2. The van der Waals surface area contributed by atoms with Gasteiger partial charge in [0.2, 0.25) is 5.75 Å². The number of amides is 1. The molecule has 0 aliphatic rings. The number of nitrogens with two attached hydrogens (primary N) is 1. The second-order valence-electron chi connectivity index (χ2n) is 5.86. The summed E-state index contributed by atoms with van der Waals surface area (Å²) in [5.74, 6) is 1.02. The van der Waals surface area contributed by atoms with Crippen molar-refractivity contribution < 1.29 is 19.0 Å². The second-order valence-corrected chi connectivity index (χ2v) is 5.86. The van der Waals surface area contributed by atoms with Crippen molar-refractivity contribution in [3.63, 3.8) is 0 Å². The molecule has 0 spiro atoms. The van der Waals surface area contributed by atoms with E-state index in [0.29, 0.717) is 54.0 Å². The monoisotopic (exact) mass is 385 g/mol. The number of nitrogen functional groups attached to an aromatic ring is 1. The number of hydrogen-bond acceptors (Lipinski definition) is 6. The number of nitrogens with zero attached hydrogens (tertiary/aromatic N) is 1. The van der Waals surface area contributed by atoms with Gasteiger partial charge < -0.3 is 19.9 Å². The fraction of sp³-hybridized carbons (Fsp3) is 0.333. The molecule has 0 saturated carbocycles. The van der Waals surface area contributed by atoms with Crippen LogP contribution in [0.25, 0.3) is 0 Å². The number of hydrazone groups is 1. The molecule has 0 fully saturated rings. The van der Waals surface area contributed by atoms with Crippen LogP contribution in [-0.4, -0.2) is 31.4 Å². The standard InChI is InChI=1S/C21H27N3O4/c1-5-26-18-12-16(13-19(27-6-2)20(18)28-7-3)21(25)24-23-14(4)15-9-8-10-17(22)11-15/h8-13H,5-7,22H2,1-4H3,(H,24,25)/b23-14+. The van der Waals surface area contributed by atoms with Crippen LogP contribution in [0.2, 0.25) is 0 Å². The summed E-state index contributed by atoms with van der Waals surface area (Å²) in [7, 11) is 0. The highest BCUT2D eigenvalue weighted by molar-refractivity contribution is 6.01. The van der Waals surface area contributed by atoms with E-state index in [4.69, 9.17) is 19.9 Å². The minimum Gasteiger partial charge on any atom is -0.490 e. The van der Waals surface area contributed by atoms with Crippen LogP contribution >= 0.6 is 0 Å². The lowest BCUT2D eigenvalue weighted by molar-refractivity contribution is 0.0953. The zero-order chi connectivity index (χ0) is 20.5. The Morgan fingerprint density at radius 2 is 1.57 bits per heavy atom. The quantitative estimate of drug-likeness (QED) is 0.390. The van der Waals surface area contributed by atoms with Crippen LogP contribution in [0.5, 0.6) is 17.2 Å². The summed E-state index contributed by atoms with van der Waals surface area (Å²) in [6, 6.07) is 10.5. The molecule has 0 aromatic heterocycles. The van der Waals surface area contributed by atoms with Crippen LogP contribution in [0.4, 0.5) is 5.69 Å². The molecule has 0 atom stereocenters. The Labute approximate surface area is 165 Å². The third-order valence-electron chi connectivity index (χ3n) is 3.80. The molecule has 0 heterocycles. The van der Waals surface area contributed by atoms with Crippen LogP contribution < -0.4 is 25.4 Å². The number of rotatable bonds is 9. The summed E-state index contributed by atoms with van der Waals surface area (Å²) in [4.78, 5) is 12.6. The van der Waals surface area contributed by atoms with E-state index in [1.165, 1.54) is 0 Å². The topological polar surface area (TPSA) is 95.2 Å². The number of ether oxygens (including phenoxy) is 3. The Kier molecular flexibility index (Phi) is 7.68. The van der Waals surface area contributed by atoms with E-state index in [9.17, 15) is 4.79 Å². The normalized spacial score (nSPS) is 11.1. The zero-order valence-electron chi connectivity index (χ0n) is 16.7. The minimum atomic E-state index is -0.381. The third-order valence-corrected chi connectivity index (χ3v) is 3.80. The van der Waals surface area contributed by atoms with E-state index >= 15 is 0 Å². The van der Waals surface area contributed by atoms with E-state index in [1.807, 2.05) is 32.9 Å². The van der Waals surface area contributed by atoms with E-state index in [-0.39, 0.29) is 5.91 Å². The zero-order valence-corrected chi connectivity index (χ0v) is 16.7. The smallest absolute Gasteiger partial charge is 0.271 e. The van der Waals surface area contributed by atoms with Crippen molar-refractivity contribution in [3.8, 4) is 17.2 Å². The maximum Gasteiger partial charge on any atom is 0.271 e. The summed E-state index contributed by atoms with van der Waals surface area (Å²) < 4.78 is 16.9. The van der Waals surface area contributed by atoms with Gasteiger partial charge in [0.05, 0.1) is 25.5 Å². The molecule has 0 aliphatic carbocycles. The van der Waals surface area contributed by atoms with Gasteiger partial charge in [0.1, 0.15) is 0 Å².